The molecule has 1 amide bonds. The topological polar surface area (TPSA) is 103 Å². The summed E-state index contributed by atoms with van der Waals surface area (Å²) in [5.41, 5.74) is 6.99. The second-order valence-corrected chi connectivity index (χ2v) is 8.55. The third-order valence-electron chi connectivity index (χ3n) is 6.10. The Morgan fingerprint density at radius 3 is 2.49 bits per heavy atom. The fraction of sp³-hybridized carbons (Fsp3) is 0.630. The van der Waals surface area contributed by atoms with Gasteiger partial charge in [-0.25, -0.2) is 0 Å². The summed E-state index contributed by atoms with van der Waals surface area (Å²) in [5.74, 6) is 2.63. The van der Waals surface area contributed by atoms with Crippen LogP contribution in [0.1, 0.15) is 64.4 Å². The number of hydrogen-bond acceptors (Lipinski definition) is 6. The molecule has 35 heavy (non-hydrogen) atoms. The summed E-state index contributed by atoms with van der Waals surface area (Å²) in [6, 6.07) is 5.72. The van der Waals surface area contributed by atoms with E-state index in [4.69, 9.17) is 20.3 Å². The number of ether oxygens (including phenoxy) is 2. The lowest BCUT2D eigenvalue weighted by Gasteiger charge is -2.24. The molecule has 0 unspecified atom stereocenters. The van der Waals surface area contributed by atoms with Gasteiger partial charge in [-0.1, -0.05) is 46.0 Å². The molecule has 0 saturated heterocycles. The number of nitrogens with zero attached hydrogens (tertiary/aromatic N) is 3. The molecule has 0 radical (unpaired) electrons. The van der Waals surface area contributed by atoms with E-state index in [0.717, 1.165) is 35.9 Å². The van der Waals surface area contributed by atoms with E-state index in [1.54, 1.807) is 31.3 Å². The van der Waals surface area contributed by atoms with Crippen LogP contribution in [0.4, 0.5) is 5.69 Å². The largest absolute Gasteiger partial charge is 0.497 e. The van der Waals surface area contributed by atoms with Crippen LogP contribution in [-0.2, 0) is 17.8 Å². The number of aryl methyl sites for hydroxylation is 1. The molecule has 1 saturated carbocycles. The Bertz CT molecular complexity index is 834. The molecule has 0 bridgehead atoms. The molecule has 8 nitrogen and oxygen atoms in total. The number of amides is 1. The smallest absolute Gasteiger partial charge is 0.222 e. The van der Waals surface area contributed by atoms with Crippen molar-refractivity contribution in [1.29, 1.82) is 0 Å². The maximum atomic E-state index is 12.4. The molecule has 3 rings (SSSR count). The molecule has 3 N–H and O–H groups in total. The highest BCUT2D eigenvalue weighted by molar-refractivity contribution is 5.76. The van der Waals surface area contributed by atoms with Gasteiger partial charge >= 0.3 is 0 Å². The van der Waals surface area contributed by atoms with Crippen LogP contribution in [0.3, 0.4) is 0 Å². The summed E-state index contributed by atoms with van der Waals surface area (Å²) in [4.78, 5) is 14.3. The van der Waals surface area contributed by atoms with Crippen LogP contribution < -0.4 is 15.2 Å². The lowest BCUT2D eigenvalue weighted by Crippen LogP contribution is -2.29. The Morgan fingerprint density at radius 2 is 1.91 bits per heavy atom. The SMILES string of the molecule is CC.COc1ccc(OC)c(CCC(=O)N(C)CCC2CCCCC2)c1.Nc1cnn(CCO)c1. The minimum atomic E-state index is 0.0983. The van der Waals surface area contributed by atoms with Crippen molar-refractivity contribution in [1.82, 2.24) is 14.7 Å². The highest BCUT2D eigenvalue weighted by Crippen LogP contribution is 2.27. The number of carbonyl (C=O) groups excluding carboxylic acids is 1. The van der Waals surface area contributed by atoms with Crippen LogP contribution in [0.15, 0.2) is 30.6 Å². The number of nitrogen functional groups attached to an aromatic ring is 1. The average Bonchev–Trinajstić information content (AvgIpc) is 3.32. The Morgan fingerprint density at radius 1 is 1.20 bits per heavy atom. The van der Waals surface area contributed by atoms with Crippen LogP contribution in [0, 0.1) is 5.92 Å². The third kappa shape index (κ3) is 11.5. The fourth-order valence-electron chi connectivity index (χ4n) is 4.09. The first-order valence-corrected chi connectivity index (χ1v) is 12.8. The molecule has 2 aromatic rings. The normalized spacial score (nSPS) is 13.1. The van der Waals surface area contributed by atoms with Gasteiger partial charge in [0.2, 0.25) is 5.91 Å². The van der Waals surface area contributed by atoms with Crippen molar-refractivity contribution in [3.05, 3.63) is 36.2 Å². The molecule has 0 atom stereocenters. The van der Waals surface area contributed by atoms with Gasteiger partial charge < -0.3 is 25.2 Å². The molecule has 198 valence electrons. The number of aliphatic hydroxyl groups excluding tert-OH is 1. The van der Waals surface area contributed by atoms with Gasteiger partial charge in [-0.3, -0.25) is 9.48 Å². The van der Waals surface area contributed by atoms with Gasteiger partial charge in [0.1, 0.15) is 11.5 Å². The molecule has 0 aliphatic heterocycles. The summed E-state index contributed by atoms with van der Waals surface area (Å²) >= 11 is 0. The third-order valence-corrected chi connectivity index (χ3v) is 6.10. The highest BCUT2D eigenvalue weighted by Gasteiger charge is 2.16. The lowest BCUT2D eigenvalue weighted by molar-refractivity contribution is -0.130. The van der Waals surface area contributed by atoms with Crippen molar-refractivity contribution in [2.24, 2.45) is 5.92 Å². The van der Waals surface area contributed by atoms with Crippen molar-refractivity contribution in [2.45, 2.75) is 71.8 Å². The van der Waals surface area contributed by atoms with Crippen molar-refractivity contribution in [3.63, 3.8) is 0 Å². The second-order valence-electron chi connectivity index (χ2n) is 8.55. The van der Waals surface area contributed by atoms with E-state index < -0.39 is 0 Å². The number of rotatable bonds is 10. The number of nitrogens with two attached hydrogens (primary N) is 1. The van der Waals surface area contributed by atoms with E-state index in [-0.39, 0.29) is 12.5 Å². The lowest BCUT2D eigenvalue weighted by atomic mass is 9.87. The highest BCUT2D eigenvalue weighted by atomic mass is 16.5. The van der Waals surface area contributed by atoms with Crippen LogP contribution in [0.5, 0.6) is 11.5 Å². The Hall–Kier alpha value is -2.74. The minimum absolute atomic E-state index is 0.0983. The van der Waals surface area contributed by atoms with Crippen molar-refractivity contribution >= 4 is 11.6 Å². The monoisotopic (exact) mass is 490 g/mol. The van der Waals surface area contributed by atoms with Gasteiger partial charge in [0, 0.05) is 26.2 Å². The number of anilines is 1. The molecule has 1 fully saturated rings. The first kappa shape index (κ1) is 30.3. The van der Waals surface area contributed by atoms with Crippen LogP contribution in [0.25, 0.3) is 0 Å². The van der Waals surface area contributed by atoms with Crippen LogP contribution in [0.2, 0.25) is 0 Å². The Labute approximate surface area is 211 Å². The maximum absolute atomic E-state index is 12.4. The Kier molecular flexibility index (Phi) is 15.3. The van der Waals surface area contributed by atoms with E-state index in [2.05, 4.69) is 5.10 Å². The molecular weight excluding hydrogens is 444 g/mol. The van der Waals surface area contributed by atoms with E-state index in [9.17, 15) is 4.79 Å². The fourth-order valence-corrected chi connectivity index (χ4v) is 4.09. The first-order valence-electron chi connectivity index (χ1n) is 12.8. The zero-order chi connectivity index (χ0) is 26.1. The quantitative estimate of drug-likeness (QED) is 0.506. The summed E-state index contributed by atoms with van der Waals surface area (Å²) < 4.78 is 12.2. The van der Waals surface area contributed by atoms with Crippen molar-refractivity contribution < 1.29 is 19.4 Å². The zero-order valence-electron chi connectivity index (χ0n) is 22.3. The number of carbonyl (C=O) groups is 1. The molecule has 8 heteroatoms. The molecule has 1 heterocycles. The number of aliphatic hydroxyl groups is 1. The molecule has 1 aliphatic carbocycles. The minimum Gasteiger partial charge on any atom is -0.497 e. The molecular formula is C27H46N4O4. The first-order chi connectivity index (χ1) is 17.0. The molecule has 1 aromatic carbocycles. The van der Waals surface area contributed by atoms with Gasteiger partial charge in [-0.2, -0.15) is 5.10 Å². The molecule has 1 aromatic heterocycles. The molecule has 1 aliphatic rings. The van der Waals surface area contributed by atoms with Gasteiger partial charge in [0.15, 0.2) is 0 Å². The average molecular weight is 491 g/mol. The van der Waals surface area contributed by atoms with Crippen LogP contribution >= 0.6 is 0 Å². The zero-order valence-corrected chi connectivity index (χ0v) is 22.3. The van der Waals surface area contributed by atoms with Gasteiger partial charge in [-0.05, 0) is 42.5 Å². The van der Waals surface area contributed by atoms with Gasteiger partial charge in [0.25, 0.3) is 0 Å². The van der Waals surface area contributed by atoms with Crippen molar-refractivity contribution in [2.75, 3.05) is 40.2 Å². The molecule has 0 spiro atoms. The number of hydrogen-bond donors (Lipinski definition) is 2. The second kappa shape index (κ2) is 17.7. The van der Waals surface area contributed by atoms with Gasteiger partial charge in [0.05, 0.1) is 39.3 Å². The number of aromatic nitrogens is 2. The van der Waals surface area contributed by atoms with E-state index in [0.29, 0.717) is 25.1 Å². The predicted octanol–water partition coefficient (Wildman–Crippen LogP) is 4.55. The maximum Gasteiger partial charge on any atom is 0.222 e. The van der Waals surface area contributed by atoms with Gasteiger partial charge in [-0.15, -0.1) is 0 Å². The summed E-state index contributed by atoms with van der Waals surface area (Å²) in [5, 5.41) is 12.3. The summed E-state index contributed by atoms with van der Waals surface area (Å²) in [7, 11) is 5.23. The number of benzene rings is 1. The van der Waals surface area contributed by atoms with Crippen molar-refractivity contribution in [3.8, 4) is 11.5 Å². The Balaban J connectivity index is 0.000000464. The van der Waals surface area contributed by atoms with E-state index >= 15 is 0 Å². The van der Waals surface area contributed by atoms with Crippen LogP contribution in [-0.4, -0.2) is 60.1 Å². The summed E-state index contributed by atoms with van der Waals surface area (Å²) in [6.45, 7) is 5.48. The van der Waals surface area contributed by atoms with E-state index in [1.165, 1.54) is 32.1 Å². The number of methoxy groups -OCH3 is 2. The van der Waals surface area contributed by atoms with E-state index in [1.807, 2.05) is 44.0 Å². The predicted molar refractivity (Wildman–Crippen MR) is 142 cm³/mol. The standard InChI is InChI=1S/C20H31NO3.C5H9N3O.C2H6/c1-21(14-13-16-7-5-4-6-8-16)20(22)12-9-17-15-18(23-2)10-11-19(17)24-3;6-5-3-7-8(4-5)1-2-9;1-2/h10-11,15-16H,4-9,12-14H2,1-3H3;3-4,9H,1-2,6H2;1-2H3. The summed E-state index contributed by atoms with van der Waals surface area (Å²) in [6.07, 6.45) is 12.3.